The summed E-state index contributed by atoms with van der Waals surface area (Å²) in [6.07, 6.45) is 2.59. The Morgan fingerprint density at radius 3 is 3.00 bits per heavy atom. The van der Waals surface area contributed by atoms with Gasteiger partial charge in [0.15, 0.2) is 0 Å². The van der Waals surface area contributed by atoms with E-state index in [0.717, 1.165) is 17.2 Å². The Hall–Kier alpha value is -0.700. The number of nitrogens with one attached hydrogen (secondary N) is 1. The molecule has 1 saturated carbocycles. The van der Waals surface area contributed by atoms with Gasteiger partial charge in [-0.2, -0.15) is 0 Å². The van der Waals surface area contributed by atoms with Crippen molar-refractivity contribution in [2.75, 3.05) is 17.6 Å². The molecule has 14 heavy (non-hydrogen) atoms. The molecule has 3 heteroatoms. The van der Waals surface area contributed by atoms with Gasteiger partial charge in [0, 0.05) is 17.2 Å². The molecule has 1 aromatic rings. The lowest BCUT2D eigenvalue weighted by atomic mass is 10.1. The second-order valence-electron chi connectivity index (χ2n) is 4.26. The molecule has 1 fully saturated rings. The lowest BCUT2D eigenvalue weighted by molar-refractivity contribution is 0.608. The van der Waals surface area contributed by atoms with E-state index in [9.17, 15) is 4.39 Å². The minimum Gasteiger partial charge on any atom is -0.381 e. The van der Waals surface area contributed by atoms with Crippen molar-refractivity contribution in [3.63, 3.8) is 0 Å². The molecule has 1 nitrogen and oxygen atoms in total. The number of hydrogen-bond donors (Lipinski definition) is 1. The van der Waals surface area contributed by atoms with Crippen LogP contribution in [0.1, 0.15) is 12.8 Å². The third kappa shape index (κ3) is 1.31. The molecule has 0 unspecified atom stereocenters. The first-order valence-corrected chi connectivity index (χ1v) is 5.93. The number of hydrogen-bond acceptors (Lipinski definition) is 2. The van der Waals surface area contributed by atoms with Crippen molar-refractivity contribution >= 4 is 17.4 Å². The molecule has 0 atom stereocenters. The van der Waals surface area contributed by atoms with E-state index in [0.29, 0.717) is 11.1 Å². The first-order chi connectivity index (χ1) is 6.79. The zero-order valence-electron chi connectivity index (χ0n) is 7.85. The summed E-state index contributed by atoms with van der Waals surface area (Å²) in [5.74, 6) is 1.02. The van der Waals surface area contributed by atoms with E-state index in [-0.39, 0.29) is 5.82 Å². The molecule has 1 aliphatic heterocycles. The molecule has 3 rings (SSSR count). The van der Waals surface area contributed by atoms with Crippen molar-refractivity contribution < 1.29 is 4.39 Å². The smallest absolute Gasteiger partial charge is 0.147 e. The number of para-hydroxylation sites is 1. The fraction of sp³-hybridized carbons (Fsp3) is 0.455. The number of thioether (sulfide) groups is 1. The highest BCUT2D eigenvalue weighted by atomic mass is 32.2. The second kappa shape index (κ2) is 2.89. The first-order valence-electron chi connectivity index (χ1n) is 4.94. The molecule has 2 aliphatic rings. The summed E-state index contributed by atoms with van der Waals surface area (Å²) >= 11 is 1.79. The van der Waals surface area contributed by atoms with Gasteiger partial charge in [0.05, 0.1) is 5.69 Å². The Balaban J connectivity index is 1.96. The van der Waals surface area contributed by atoms with Crippen molar-refractivity contribution in [2.24, 2.45) is 5.41 Å². The number of rotatable bonds is 0. The Morgan fingerprint density at radius 2 is 2.21 bits per heavy atom. The Kier molecular flexibility index (Phi) is 1.78. The maximum atomic E-state index is 13.4. The molecule has 74 valence electrons. The number of fused-ring (bicyclic) bond motifs is 1. The third-order valence-electron chi connectivity index (χ3n) is 3.11. The summed E-state index contributed by atoms with van der Waals surface area (Å²) in [6, 6.07) is 5.31. The normalized spacial score (nSPS) is 22.4. The summed E-state index contributed by atoms with van der Waals surface area (Å²) in [4.78, 5) is 1.06. The number of anilines is 1. The summed E-state index contributed by atoms with van der Waals surface area (Å²) in [6.45, 7) is 0.938. The number of benzene rings is 1. The van der Waals surface area contributed by atoms with E-state index in [1.165, 1.54) is 18.9 Å². The average molecular weight is 209 g/mol. The standard InChI is InChI=1S/C11H12FNS/c12-8-2-1-3-9-10(8)13-6-11(4-5-11)7-14-9/h1-3,13H,4-7H2. The van der Waals surface area contributed by atoms with E-state index in [1.54, 1.807) is 17.8 Å². The monoisotopic (exact) mass is 209 g/mol. The van der Waals surface area contributed by atoms with Crippen LogP contribution in [0.5, 0.6) is 0 Å². The van der Waals surface area contributed by atoms with Gasteiger partial charge in [0.2, 0.25) is 0 Å². The third-order valence-corrected chi connectivity index (χ3v) is 4.51. The Labute approximate surface area is 87.1 Å². The van der Waals surface area contributed by atoms with Crippen LogP contribution in [0.4, 0.5) is 10.1 Å². The fourth-order valence-corrected chi connectivity index (χ4v) is 3.19. The highest BCUT2D eigenvalue weighted by Crippen LogP contribution is 2.52. The fourth-order valence-electron chi connectivity index (χ4n) is 1.85. The van der Waals surface area contributed by atoms with Crippen LogP contribution in [0, 0.1) is 11.2 Å². The van der Waals surface area contributed by atoms with Crippen molar-refractivity contribution in [1.29, 1.82) is 0 Å². The Bertz CT molecular complexity index is 374. The van der Waals surface area contributed by atoms with Gasteiger partial charge < -0.3 is 5.32 Å². The molecule has 1 aliphatic carbocycles. The molecule has 0 aromatic heterocycles. The van der Waals surface area contributed by atoms with Gasteiger partial charge in [0.25, 0.3) is 0 Å². The molecule has 0 amide bonds. The summed E-state index contributed by atoms with van der Waals surface area (Å²) in [5.41, 5.74) is 1.18. The SMILES string of the molecule is Fc1cccc2c1NCC1(CC1)CS2. The summed E-state index contributed by atoms with van der Waals surface area (Å²) in [7, 11) is 0. The van der Waals surface area contributed by atoms with Crippen LogP contribution in [0.2, 0.25) is 0 Å². The van der Waals surface area contributed by atoms with Gasteiger partial charge in [-0.3, -0.25) is 0 Å². The van der Waals surface area contributed by atoms with Crippen LogP contribution in [-0.4, -0.2) is 12.3 Å². The molecule has 0 saturated heterocycles. The molecule has 1 spiro atoms. The van der Waals surface area contributed by atoms with Crippen LogP contribution in [0.25, 0.3) is 0 Å². The average Bonchev–Trinajstić information content (AvgIpc) is 2.96. The van der Waals surface area contributed by atoms with Crippen molar-refractivity contribution in [3.05, 3.63) is 24.0 Å². The Morgan fingerprint density at radius 1 is 1.36 bits per heavy atom. The van der Waals surface area contributed by atoms with Gasteiger partial charge in [-0.1, -0.05) is 6.07 Å². The van der Waals surface area contributed by atoms with E-state index in [1.807, 2.05) is 6.07 Å². The van der Waals surface area contributed by atoms with Crippen LogP contribution >= 0.6 is 11.8 Å². The van der Waals surface area contributed by atoms with Crippen molar-refractivity contribution in [1.82, 2.24) is 0 Å². The quantitative estimate of drug-likeness (QED) is 0.704. The minimum absolute atomic E-state index is 0.118. The van der Waals surface area contributed by atoms with Crippen LogP contribution in [-0.2, 0) is 0 Å². The predicted molar refractivity (Wildman–Crippen MR) is 57.3 cm³/mol. The van der Waals surface area contributed by atoms with E-state index < -0.39 is 0 Å². The minimum atomic E-state index is -0.118. The molecule has 1 heterocycles. The predicted octanol–water partition coefficient (Wildman–Crippen LogP) is 3.12. The van der Waals surface area contributed by atoms with Gasteiger partial charge in [-0.25, -0.2) is 4.39 Å². The second-order valence-corrected chi connectivity index (χ2v) is 5.27. The first kappa shape index (κ1) is 8.60. The molecular weight excluding hydrogens is 197 g/mol. The lowest BCUT2D eigenvalue weighted by Crippen LogP contribution is -2.15. The summed E-state index contributed by atoms with van der Waals surface area (Å²) in [5, 5.41) is 3.25. The zero-order chi connectivity index (χ0) is 9.60. The van der Waals surface area contributed by atoms with Crippen LogP contribution in [0.3, 0.4) is 0 Å². The van der Waals surface area contributed by atoms with E-state index in [4.69, 9.17) is 0 Å². The maximum absolute atomic E-state index is 13.4. The van der Waals surface area contributed by atoms with Gasteiger partial charge in [-0.15, -0.1) is 11.8 Å². The largest absolute Gasteiger partial charge is 0.381 e. The van der Waals surface area contributed by atoms with Gasteiger partial charge in [-0.05, 0) is 30.4 Å². The molecule has 0 bridgehead atoms. The summed E-state index contributed by atoms with van der Waals surface area (Å²) < 4.78 is 13.4. The molecule has 0 radical (unpaired) electrons. The number of halogens is 1. The van der Waals surface area contributed by atoms with E-state index >= 15 is 0 Å². The molecular formula is C11H12FNS. The van der Waals surface area contributed by atoms with Gasteiger partial charge >= 0.3 is 0 Å². The zero-order valence-corrected chi connectivity index (χ0v) is 8.66. The van der Waals surface area contributed by atoms with Crippen molar-refractivity contribution in [2.45, 2.75) is 17.7 Å². The highest BCUT2D eigenvalue weighted by molar-refractivity contribution is 7.99. The molecule has 1 N–H and O–H groups in total. The van der Waals surface area contributed by atoms with Crippen LogP contribution in [0.15, 0.2) is 23.1 Å². The van der Waals surface area contributed by atoms with Gasteiger partial charge in [0.1, 0.15) is 5.82 Å². The van der Waals surface area contributed by atoms with E-state index in [2.05, 4.69) is 5.32 Å². The molecule has 1 aromatic carbocycles. The lowest BCUT2D eigenvalue weighted by Gasteiger charge is -2.10. The van der Waals surface area contributed by atoms with Crippen molar-refractivity contribution in [3.8, 4) is 0 Å². The topological polar surface area (TPSA) is 12.0 Å². The van der Waals surface area contributed by atoms with Crippen LogP contribution < -0.4 is 5.32 Å². The highest BCUT2D eigenvalue weighted by Gasteiger charge is 2.43. The maximum Gasteiger partial charge on any atom is 0.147 e.